The van der Waals surface area contributed by atoms with E-state index in [0.29, 0.717) is 6.42 Å². The van der Waals surface area contributed by atoms with Crippen molar-refractivity contribution in [2.45, 2.75) is 18.9 Å². The number of halogens is 1. The normalized spacial score (nSPS) is 14.6. The first-order valence-electron chi connectivity index (χ1n) is 5.44. The fraction of sp³-hybridized carbons (Fsp3) is 0.308. The minimum atomic E-state index is -0.900. The van der Waals surface area contributed by atoms with Crippen LogP contribution in [0.25, 0.3) is 0 Å². The van der Waals surface area contributed by atoms with E-state index in [4.69, 9.17) is 0 Å². The molecule has 1 aromatic carbocycles. The second-order valence-corrected chi connectivity index (χ2v) is 5.31. The Kier molecular flexibility index (Phi) is 3.35. The van der Waals surface area contributed by atoms with Crippen molar-refractivity contribution in [2.24, 2.45) is 7.05 Å². The van der Waals surface area contributed by atoms with Crippen LogP contribution in [-0.2, 0) is 19.1 Å². The monoisotopic (exact) mass is 294 g/mol. The second kappa shape index (κ2) is 4.63. The van der Waals surface area contributed by atoms with Crippen LogP contribution >= 0.6 is 15.9 Å². The Labute approximate surface area is 109 Å². The van der Waals surface area contributed by atoms with Gasteiger partial charge in [0.1, 0.15) is 0 Å². The Morgan fingerprint density at radius 2 is 2.12 bits per heavy atom. The Hall–Kier alpha value is -1.13. The summed E-state index contributed by atoms with van der Waals surface area (Å²) in [6, 6.07) is 7.74. The fourth-order valence-electron chi connectivity index (χ4n) is 1.95. The zero-order valence-electron chi connectivity index (χ0n) is 9.89. The van der Waals surface area contributed by atoms with Gasteiger partial charge in [-0.15, -0.1) is 0 Å². The number of aromatic nitrogens is 2. The standard InChI is InChI=1S/C13H15BrN2O/c1-13(17,7-10-8-15-16(2)9-10)11-5-3-4-6-12(11)14/h3-6,8-9,17H,7H2,1-2H3. The summed E-state index contributed by atoms with van der Waals surface area (Å²) in [6.45, 7) is 1.82. The zero-order valence-corrected chi connectivity index (χ0v) is 11.5. The number of aliphatic hydroxyl groups is 1. The maximum Gasteiger partial charge on any atom is 0.0920 e. The average Bonchev–Trinajstić information content (AvgIpc) is 2.63. The molecule has 2 aromatic rings. The summed E-state index contributed by atoms with van der Waals surface area (Å²) in [4.78, 5) is 0. The van der Waals surface area contributed by atoms with Gasteiger partial charge in [-0.25, -0.2) is 0 Å². The van der Waals surface area contributed by atoms with Crippen molar-refractivity contribution < 1.29 is 5.11 Å². The van der Waals surface area contributed by atoms with E-state index in [2.05, 4.69) is 21.0 Å². The summed E-state index contributed by atoms with van der Waals surface area (Å²) in [6.07, 6.45) is 4.25. The number of rotatable bonds is 3. The van der Waals surface area contributed by atoms with Crippen molar-refractivity contribution in [1.82, 2.24) is 9.78 Å². The van der Waals surface area contributed by atoms with Gasteiger partial charge in [-0.2, -0.15) is 5.10 Å². The van der Waals surface area contributed by atoms with Gasteiger partial charge < -0.3 is 5.11 Å². The van der Waals surface area contributed by atoms with Crippen molar-refractivity contribution in [1.29, 1.82) is 0 Å². The molecule has 4 heteroatoms. The van der Waals surface area contributed by atoms with Crippen molar-refractivity contribution in [3.8, 4) is 0 Å². The maximum absolute atomic E-state index is 10.6. The largest absolute Gasteiger partial charge is 0.385 e. The van der Waals surface area contributed by atoms with Crippen molar-refractivity contribution in [2.75, 3.05) is 0 Å². The molecule has 90 valence electrons. The highest BCUT2D eigenvalue weighted by atomic mass is 79.9. The van der Waals surface area contributed by atoms with Gasteiger partial charge in [0.15, 0.2) is 0 Å². The molecule has 0 aliphatic heterocycles. The van der Waals surface area contributed by atoms with Crippen LogP contribution in [0, 0.1) is 0 Å². The summed E-state index contributed by atoms with van der Waals surface area (Å²) in [7, 11) is 1.87. The quantitative estimate of drug-likeness (QED) is 0.945. The molecule has 0 aliphatic carbocycles. The van der Waals surface area contributed by atoms with Crippen LogP contribution in [0.5, 0.6) is 0 Å². The number of hydrogen-bond donors (Lipinski definition) is 1. The van der Waals surface area contributed by atoms with Crippen molar-refractivity contribution >= 4 is 15.9 Å². The van der Waals surface area contributed by atoms with Gasteiger partial charge in [-0.3, -0.25) is 4.68 Å². The van der Waals surface area contributed by atoms with Crippen LogP contribution in [0.1, 0.15) is 18.1 Å². The van der Waals surface area contributed by atoms with E-state index in [1.165, 1.54) is 0 Å². The van der Waals surface area contributed by atoms with E-state index in [0.717, 1.165) is 15.6 Å². The molecule has 0 bridgehead atoms. The highest BCUT2D eigenvalue weighted by molar-refractivity contribution is 9.10. The Morgan fingerprint density at radius 3 is 2.71 bits per heavy atom. The predicted molar refractivity (Wildman–Crippen MR) is 70.6 cm³/mol. The van der Waals surface area contributed by atoms with Crippen molar-refractivity contribution in [3.05, 3.63) is 52.3 Å². The third kappa shape index (κ3) is 2.76. The molecule has 1 heterocycles. The van der Waals surface area contributed by atoms with Gasteiger partial charge in [0.05, 0.1) is 11.8 Å². The molecule has 0 saturated heterocycles. The predicted octanol–water partition coefficient (Wildman–Crippen LogP) is 2.63. The third-order valence-electron chi connectivity index (χ3n) is 2.76. The minimum Gasteiger partial charge on any atom is -0.385 e. The van der Waals surface area contributed by atoms with Gasteiger partial charge in [-0.05, 0) is 24.1 Å². The summed E-state index contributed by atoms with van der Waals surface area (Å²) in [5, 5.41) is 14.7. The lowest BCUT2D eigenvalue weighted by molar-refractivity contribution is 0.0568. The van der Waals surface area contributed by atoms with Gasteiger partial charge in [0.25, 0.3) is 0 Å². The fourth-order valence-corrected chi connectivity index (χ4v) is 2.67. The molecule has 0 fully saturated rings. The van der Waals surface area contributed by atoms with Crippen molar-refractivity contribution in [3.63, 3.8) is 0 Å². The lowest BCUT2D eigenvalue weighted by atomic mass is 9.90. The molecule has 2 rings (SSSR count). The Morgan fingerprint density at radius 1 is 1.41 bits per heavy atom. The minimum absolute atomic E-state index is 0.545. The molecular weight excluding hydrogens is 280 g/mol. The van der Waals surface area contributed by atoms with Gasteiger partial charge in [0, 0.05) is 24.1 Å². The molecule has 0 spiro atoms. The molecule has 0 aliphatic rings. The van der Waals surface area contributed by atoms with Gasteiger partial charge >= 0.3 is 0 Å². The Bertz CT molecular complexity index is 520. The highest BCUT2D eigenvalue weighted by Crippen LogP contribution is 2.30. The van der Waals surface area contributed by atoms with E-state index in [9.17, 15) is 5.11 Å². The first-order valence-corrected chi connectivity index (χ1v) is 6.23. The van der Waals surface area contributed by atoms with E-state index in [1.807, 2.05) is 44.4 Å². The van der Waals surface area contributed by atoms with Gasteiger partial charge in [0.2, 0.25) is 0 Å². The molecule has 17 heavy (non-hydrogen) atoms. The topological polar surface area (TPSA) is 38.0 Å². The molecule has 0 amide bonds. The van der Waals surface area contributed by atoms with Crippen LogP contribution in [0.4, 0.5) is 0 Å². The molecule has 0 saturated carbocycles. The lowest BCUT2D eigenvalue weighted by Gasteiger charge is -2.24. The zero-order chi connectivity index (χ0) is 12.5. The molecular formula is C13H15BrN2O. The first kappa shape index (κ1) is 12.3. The van der Waals surface area contributed by atoms with Crippen LogP contribution in [0.2, 0.25) is 0 Å². The summed E-state index contributed by atoms with van der Waals surface area (Å²) < 4.78 is 2.67. The van der Waals surface area contributed by atoms with Crippen LogP contribution < -0.4 is 0 Å². The summed E-state index contributed by atoms with van der Waals surface area (Å²) >= 11 is 3.47. The van der Waals surface area contributed by atoms with Crippen LogP contribution in [0.3, 0.4) is 0 Å². The third-order valence-corrected chi connectivity index (χ3v) is 3.45. The molecule has 1 atom stereocenters. The first-order chi connectivity index (χ1) is 7.99. The van der Waals surface area contributed by atoms with E-state index in [1.54, 1.807) is 10.9 Å². The molecule has 1 unspecified atom stereocenters. The number of nitrogens with zero attached hydrogens (tertiary/aromatic N) is 2. The Balaban J connectivity index is 2.27. The maximum atomic E-state index is 10.6. The molecule has 1 aromatic heterocycles. The number of hydrogen-bond acceptors (Lipinski definition) is 2. The van der Waals surface area contributed by atoms with Gasteiger partial charge in [-0.1, -0.05) is 34.1 Å². The number of aryl methyl sites for hydroxylation is 1. The average molecular weight is 295 g/mol. The van der Waals surface area contributed by atoms with E-state index >= 15 is 0 Å². The van der Waals surface area contributed by atoms with E-state index in [-0.39, 0.29) is 0 Å². The SMILES string of the molecule is Cn1cc(CC(C)(O)c2ccccc2Br)cn1. The molecule has 1 N–H and O–H groups in total. The summed E-state index contributed by atoms with van der Waals surface area (Å²) in [5.74, 6) is 0. The summed E-state index contributed by atoms with van der Waals surface area (Å²) in [5.41, 5.74) is 1.01. The number of benzene rings is 1. The van der Waals surface area contributed by atoms with Crippen LogP contribution in [-0.4, -0.2) is 14.9 Å². The lowest BCUT2D eigenvalue weighted by Crippen LogP contribution is -2.24. The van der Waals surface area contributed by atoms with E-state index < -0.39 is 5.60 Å². The molecule has 3 nitrogen and oxygen atoms in total. The highest BCUT2D eigenvalue weighted by Gasteiger charge is 2.26. The smallest absolute Gasteiger partial charge is 0.0920 e. The molecule has 0 radical (unpaired) electrons. The second-order valence-electron chi connectivity index (χ2n) is 4.45. The van der Waals surface area contributed by atoms with Crippen LogP contribution in [0.15, 0.2) is 41.1 Å².